The van der Waals surface area contributed by atoms with Crippen LogP contribution in [0.25, 0.3) is 11.1 Å². The summed E-state index contributed by atoms with van der Waals surface area (Å²) in [7, 11) is 0. The third-order valence-electron chi connectivity index (χ3n) is 4.80. The van der Waals surface area contributed by atoms with Crippen molar-refractivity contribution in [3.63, 3.8) is 0 Å². The average Bonchev–Trinajstić information content (AvgIpc) is 2.69. The molecule has 0 radical (unpaired) electrons. The van der Waals surface area contributed by atoms with Gasteiger partial charge < -0.3 is 29.9 Å². The maximum Gasteiger partial charge on any atom is 0.224 e. The van der Waals surface area contributed by atoms with Crippen LogP contribution >= 0.6 is 0 Å². The van der Waals surface area contributed by atoms with Gasteiger partial charge in [-0.2, -0.15) is 0 Å². The van der Waals surface area contributed by atoms with Gasteiger partial charge in [-0.15, -0.1) is 0 Å². The van der Waals surface area contributed by atoms with E-state index in [4.69, 9.17) is 20.3 Å². The molecule has 1 aliphatic heterocycles. The van der Waals surface area contributed by atoms with Gasteiger partial charge in [0.25, 0.3) is 0 Å². The topological polar surface area (TPSA) is 147 Å². The lowest BCUT2D eigenvalue weighted by molar-refractivity contribution is -0.179. The normalized spacial score (nSPS) is 24.1. The molecule has 0 amide bonds. The highest BCUT2D eigenvalue weighted by Gasteiger charge is 2.37. The molecule has 1 fully saturated rings. The third kappa shape index (κ3) is 4.63. The molecule has 0 aliphatic carbocycles. The van der Waals surface area contributed by atoms with Gasteiger partial charge in [0, 0.05) is 13.3 Å². The van der Waals surface area contributed by atoms with Crippen molar-refractivity contribution < 1.29 is 29.9 Å². The Morgan fingerprint density at radius 2 is 1.86 bits per heavy atom. The van der Waals surface area contributed by atoms with E-state index >= 15 is 0 Å². The molecule has 29 heavy (non-hydrogen) atoms. The average molecular weight is 400 g/mol. The number of benzene rings is 2. The number of ether oxygens (including phenoxy) is 2. The zero-order valence-electron chi connectivity index (χ0n) is 15.9. The fourth-order valence-electron chi connectivity index (χ4n) is 3.35. The van der Waals surface area contributed by atoms with Gasteiger partial charge in [-0.05, 0) is 34.9 Å². The fourth-order valence-corrected chi connectivity index (χ4v) is 3.35. The van der Waals surface area contributed by atoms with Gasteiger partial charge in [-0.1, -0.05) is 24.3 Å². The number of phenols is 1. The smallest absolute Gasteiger partial charge is 0.224 e. The minimum Gasteiger partial charge on any atom is -0.507 e. The number of hydrogen-bond donors (Lipinski definition) is 6. The quantitative estimate of drug-likeness (QED) is 0.341. The van der Waals surface area contributed by atoms with E-state index in [9.17, 15) is 20.4 Å². The van der Waals surface area contributed by atoms with E-state index in [-0.39, 0.29) is 36.1 Å². The van der Waals surface area contributed by atoms with Gasteiger partial charge in [0.2, 0.25) is 5.90 Å². The molecule has 8 heteroatoms. The first-order valence-corrected chi connectivity index (χ1v) is 9.18. The van der Waals surface area contributed by atoms with Crippen LogP contribution in [0.3, 0.4) is 0 Å². The van der Waals surface area contributed by atoms with Crippen molar-refractivity contribution in [1.82, 2.24) is 0 Å². The van der Waals surface area contributed by atoms with Crippen LogP contribution in [0.2, 0.25) is 0 Å². The first-order valence-electron chi connectivity index (χ1n) is 9.18. The molecule has 1 heterocycles. The van der Waals surface area contributed by atoms with E-state index in [1.807, 2.05) is 6.07 Å². The predicted octanol–water partition coefficient (Wildman–Crippen LogP) is 1.94. The Kier molecular flexibility index (Phi) is 6.29. The Hall–Kier alpha value is -2.78. The number of nitrogens with one attached hydrogen (secondary N) is 2. The van der Waals surface area contributed by atoms with Crippen molar-refractivity contribution in [1.29, 1.82) is 10.8 Å². The van der Waals surface area contributed by atoms with Crippen molar-refractivity contribution in [3.05, 3.63) is 53.6 Å². The first kappa shape index (κ1) is 20.9. The molecular formula is C21H24N2O6. The summed E-state index contributed by atoms with van der Waals surface area (Å²) in [6.07, 6.45) is -3.31. The third-order valence-corrected chi connectivity index (χ3v) is 4.80. The summed E-state index contributed by atoms with van der Waals surface area (Å²) < 4.78 is 10.7. The minimum absolute atomic E-state index is 0.152. The molecule has 2 aromatic carbocycles. The Balaban J connectivity index is 1.88. The Labute approximate surface area is 168 Å². The second-order valence-corrected chi connectivity index (χ2v) is 7.00. The standard InChI is InChI=1S/C21H24N2O6/c1-11(22)28-21(23)16-6-5-13(8-17(16)25)12-3-2-4-14(7-12)20-19(27)18(26)9-15(10-24)29-20/h2-8,15,18-20,22-27H,9-10H2,1H3/t15?,18?,19?,20-/m1/s1. The molecule has 3 rings (SSSR count). The van der Waals surface area contributed by atoms with Gasteiger partial charge in [0.05, 0.1) is 24.4 Å². The fraction of sp³-hybridized carbons (Fsp3) is 0.333. The Bertz CT molecular complexity index is 916. The summed E-state index contributed by atoms with van der Waals surface area (Å²) in [6.45, 7) is 1.14. The van der Waals surface area contributed by atoms with Crippen molar-refractivity contribution in [3.8, 4) is 16.9 Å². The monoisotopic (exact) mass is 400 g/mol. The number of aliphatic hydroxyl groups excluding tert-OH is 3. The van der Waals surface area contributed by atoms with Crippen LogP contribution in [0, 0.1) is 10.8 Å². The number of aromatic hydroxyl groups is 1. The molecule has 0 spiro atoms. The zero-order chi connectivity index (χ0) is 21.1. The predicted molar refractivity (Wildman–Crippen MR) is 106 cm³/mol. The Morgan fingerprint density at radius 3 is 2.52 bits per heavy atom. The highest BCUT2D eigenvalue weighted by Crippen LogP contribution is 2.34. The van der Waals surface area contributed by atoms with Crippen LogP contribution in [0.5, 0.6) is 5.75 Å². The van der Waals surface area contributed by atoms with Gasteiger partial charge in [0.1, 0.15) is 18.0 Å². The number of aliphatic hydroxyl groups is 3. The van der Waals surface area contributed by atoms with E-state index in [0.717, 1.165) is 5.56 Å². The summed E-state index contributed by atoms with van der Waals surface area (Å²) in [5.41, 5.74) is 2.19. The molecule has 154 valence electrons. The molecule has 6 N–H and O–H groups in total. The summed E-state index contributed by atoms with van der Waals surface area (Å²) in [5, 5.41) is 55.1. The zero-order valence-corrected chi connectivity index (χ0v) is 15.9. The van der Waals surface area contributed by atoms with E-state index in [1.165, 1.54) is 19.1 Å². The van der Waals surface area contributed by atoms with Crippen LogP contribution in [-0.2, 0) is 9.47 Å². The lowest BCUT2D eigenvalue weighted by Gasteiger charge is -2.37. The molecule has 3 unspecified atom stereocenters. The minimum atomic E-state index is -1.12. The molecular weight excluding hydrogens is 376 g/mol. The van der Waals surface area contributed by atoms with E-state index < -0.39 is 24.4 Å². The molecule has 0 saturated carbocycles. The van der Waals surface area contributed by atoms with Gasteiger partial charge in [-0.25, -0.2) is 0 Å². The number of hydrogen-bond acceptors (Lipinski definition) is 8. The number of phenolic OH excluding ortho intramolecular Hbond substituents is 1. The SMILES string of the molecule is CC(=N)OC(=N)c1ccc(-c2cccc([C@H]3OC(CO)CC(O)C3O)c2)cc1O. The van der Waals surface area contributed by atoms with E-state index in [1.54, 1.807) is 24.3 Å². The van der Waals surface area contributed by atoms with Crippen molar-refractivity contribution in [2.75, 3.05) is 6.61 Å². The van der Waals surface area contributed by atoms with Crippen LogP contribution < -0.4 is 0 Å². The summed E-state index contributed by atoms with van der Waals surface area (Å²) in [5.74, 6) is -0.637. The summed E-state index contributed by atoms with van der Waals surface area (Å²) in [6, 6.07) is 11.8. The lowest BCUT2D eigenvalue weighted by Crippen LogP contribution is -2.44. The summed E-state index contributed by atoms with van der Waals surface area (Å²) >= 11 is 0. The molecule has 2 aromatic rings. The summed E-state index contributed by atoms with van der Waals surface area (Å²) in [4.78, 5) is 0. The van der Waals surface area contributed by atoms with E-state index in [0.29, 0.717) is 11.1 Å². The number of rotatable bonds is 4. The molecule has 0 aromatic heterocycles. The molecule has 0 bridgehead atoms. The maximum atomic E-state index is 10.3. The van der Waals surface area contributed by atoms with Gasteiger partial charge in [0.15, 0.2) is 5.90 Å². The van der Waals surface area contributed by atoms with E-state index in [2.05, 4.69) is 0 Å². The Morgan fingerprint density at radius 1 is 1.14 bits per heavy atom. The maximum absolute atomic E-state index is 10.3. The van der Waals surface area contributed by atoms with Gasteiger partial charge >= 0.3 is 0 Å². The highest BCUT2D eigenvalue weighted by molar-refractivity contribution is 6.01. The molecule has 8 nitrogen and oxygen atoms in total. The second-order valence-electron chi connectivity index (χ2n) is 7.00. The van der Waals surface area contributed by atoms with Crippen molar-refractivity contribution in [2.24, 2.45) is 0 Å². The molecule has 1 aliphatic rings. The molecule has 1 saturated heterocycles. The highest BCUT2D eigenvalue weighted by atomic mass is 16.5. The largest absolute Gasteiger partial charge is 0.507 e. The van der Waals surface area contributed by atoms with Crippen LogP contribution in [0.15, 0.2) is 42.5 Å². The van der Waals surface area contributed by atoms with Crippen LogP contribution in [0.4, 0.5) is 0 Å². The van der Waals surface area contributed by atoms with Crippen molar-refractivity contribution in [2.45, 2.75) is 37.8 Å². The van der Waals surface area contributed by atoms with Crippen LogP contribution in [0.1, 0.15) is 30.6 Å². The lowest BCUT2D eigenvalue weighted by atomic mass is 9.91. The first-order chi connectivity index (χ1) is 13.8. The van der Waals surface area contributed by atoms with Crippen molar-refractivity contribution >= 4 is 11.8 Å². The molecule has 4 atom stereocenters. The van der Waals surface area contributed by atoms with Gasteiger partial charge in [-0.3, -0.25) is 10.8 Å². The van der Waals surface area contributed by atoms with Crippen LogP contribution in [-0.4, -0.2) is 57.1 Å². The second kappa shape index (κ2) is 8.71.